The van der Waals surface area contributed by atoms with Gasteiger partial charge in [0.2, 0.25) is 5.91 Å². The molecular formula is C26H35N3O2. The molecule has 0 aliphatic carbocycles. The van der Waals surface area contributed by atoms with Gasteiger partial charge < -0.3 is 15.5 Å². The molecule has 1 heterocycles. The summed E-state index contributed by atoms with van der Waals surface area (Å²) < 4.78 is 0. The van der Waals surface area contributed by atoms with Gasteiger partial charge >= 0.3 is 6.03 Å². The molecule has 5 nitrogen and oxygen atoms in total. The van der Waals surface area contributed by atoms with Crippen molar-refractivity contribution in [3.63, 3.8) is 0 Å². The molecular weight excluding hydrogens is 386 g/mol. The number of hydrogen-bond donors (Lipinski definition) is 2. The zero-order valence-corrected chi connectivity index (χ0v) is 19.2. The van der Waals surface area contributed by atoms with E-state index in [1.165, 1.54) is 11.1 Å². The molecule has 166 valence electrons. The van der Waals surface area contributed by atoms with Crippen LogP contribution in [-0.4, -0.2) is 29.4 Å². The van der Waals surface area contributed by atoms with Crippen molar-refractivity contribution in [3.8, 4) is 0 Å². The fraction of sp³-hybridized carbons (Fsp3) is 0.462. The van der Waals surface area contributed by atoms with Gasteiger partial charge in [0, 0.05) is 19.1 Å². The molecule has 5 heteroatoms. The summed E-state index contributed by atoms with van der Waals surface area (Å²) in [6, 6.07) is 16.6. The summed E-state index contributed by atoms with van der Waals surface area (Å²) in [6.07, 6.45) is 2.54. The minimum atomic E-state index is -0.200. The van der Waals surface area contributed by atoms with Crippen molar-refractivity contribution < 1.29 is 9.59 Å². The highest BCUT2D eigenvalue weighted by molar-refractivity contribution is 5.81. The van der Waals surface area contributed by atoms with Gasteiger partial charge in [-0.05, 0) is 56.7 Å². The molecule has 2 aromatic rings. The van der Waals surface area contributed by atoms with Crippen molar-refractivity contribution >= 4 is 11.9 Å². The number of piperidine rings is 1. The van der Waals surface area contributed by atoms with E-state index in [1.807, 2.05) is 43.9 Å². The molecule has 1 aliphatic rings. The van der Waals surface area contributed by atoms with Crippen LogP contribution >= 0.6 is 0 Å². The van der Waals surface area contributed by atoms with Crippen LogP contribution in [0.1, 0.15) is 61.9 Å². The normalized spacial score (nSPS) is 18.7. The summed E-state index contributed by atoms with van der Waals surface area (Å²) in [5.41, 5.74) is 4.69. The number of nitrogens with zero attached hydrogens (tertiary/aromatic N) is 1. The average molecular weight is 422 g/mol. The Kier molecular flexibility index (Phi) is 7.72. The lowest BCUT2D eigenvalue weighted by Crippen LogP contribution is -2.51. The van der Waals surface area contributed by atoms with E-state index >= 15 is 0 Å². The maximum Gasteiger partial charge on any atom is 0.318 e. The van der Waals surface area contributed by atoms with Gasteiger partial charge in [0.25, 0.3) is 0 Å². The van der Waals surface area contributed by atoms with Crippen LogP contribution in [0.25, 0.3) is 0 Å². The fourth-order valence-corrected chi connectivity index (χ4v) is 4.22. The molecule has 0 saturated carbocycles. The summed E-state index contributed by atoms with van der Waals surface area (Å²) >= 11 is 0. The van der Waals surface area contributed by atoms with Crippen molar-refractivity contribution in [2.75, 3.05) is 6.54 Å². The Bertz CT molecular complexity index is 892. The van der Waals surface area contributed by atoms with Gasteiger partial charge in [-0.2, -0.15) is 0 Å². The molecule has 3 rings (SSSR count). The standard InChI is InChI=1S/C26H35N3O2/c1-5-20-9-11-22(12-10-20)24-14-13-23(17-29(24)26(31)28-18(2)3)25(30)27-16-21-8-6-7-19(4)15-21/h6-12,15,18,23-24H,5,13-14,16-17H2,1-4H3,(H,27,30)(H,28,31). The Morgan fingerprint density at radius 3 is 2.45 bits per heavy atom. The lowest BCUT2D eigenvalue weighted by Gasteiger charge is -2.39. The van der Waals surface area contributed by atoms with Crippen LogP contribution in [0.5, 0.6) is 0 Å². The van der Waals surface area contributed by atoms with Gasteiger partial charge in [0.1, 0.15) is 0 Å². The number of amides is 3. The molecule has 0 radical (unpaired) electrons. The molecule has 2 atom stereocenters. The number of carbonyl (C=O) groups excluding carboxylic acids is 2. The summed E-state index contributed by atoms with van der Waals surface area (Å²) in [6.45, 7) is 9.04. The highest BCUT2D eigenvalue weighted by Gasteiger charge is 2.35. The number of benzene rings is 2. The Balaban J connectivity index is 1.70. The predicted molar refractivity (Wildman–Crippen MR) is 125 cm³/mol. The van der Waals surface area contributed by atoms with E-state index in [0.717, 1.165) is 30.4 Å². The molecule has 1 fully saturated rings. The molecule has 1 aliphatic heterocycles. The number of nitrogens with one attached hydrogen (secondary N) is 2. The second-order valence-corrected chi connectivity index (χ2v) is 8.85. The van der Waals surface area contributed by atoms with Crippen molar-refractivity contribution in [2.24, 2.45) is 5.92 Å². The van der Waals surface area contributed by atoms with E-state index in [0.29, 0.717) is 13.1 Å². The van der Waals surface area contributed by atoms with Crippen LogP contribution in [0.3, 0.4) is 0 Å². The van der Waals surface area contributed by atoms with E-state index in [2.05, 4.69) is 47.9 Å². The van der Waals surface area contributed by atoms with E-state index in [1.54, 1.807) is 0 Å². The first-order chi connectivity index (χ1) is 14.9. The van der Waals surface area contributed by atoms with Gasteiger partial charge in [0.15, 0.2) is 0 Å². The number of hydrogen-bond acceptors (Lipinski definition) is 2. The third-order valence-electron chi connectivity index (χ3n) is 5.95. The Morgan fingerprint density at radius 1 is 1.06 bits per heavy atom. The number of likely N-dealkylation sites (tertiary alicyclic amines) is 1. The largest absolute Gasteiger partial charge is 0.352 e. The van der Waals surface area contributed by atoms with Crippen molar-refractivity contribution in [2.45, 2.75) is 65.6 Å². The molecule has 2 aromatic carbocycles. The Labute approximate surface area is 186 Å². The highest BCUT2D eigenvalue weighted by Crippen LogP contribution is 2.34. The van der Waals surface area contributed by atoms with E-state index in [-0.39, 0.29) is 29.9 Å². The first kappa shape index (κ1) is 22.9. The average Bonchev–Trinajstić information content (AvgIpc) is 2.76. The third-order valence-corrected chi connectivity index (χ3v) is 5.95. The first-order valence-electron chi connectivity index (χ1n) is 11.4. The van der Waals surface area contributed by atoms with Crippen LogP contribution in [0.15, 0.2) is 48.5 Å². The number of aryl methyl sites for hydroxylation is 2. The summed E-state index contributed by atoms with van der Waals surface area (Å²) in [5.74, 6) is -0.183. The van der Waals surface area contributed by atoms with Gasteiger partial charge in [-0.25, -0.2) is 4.79 Å². The molecule has 0 bridgehead atoms. The molecule has 31 heavy (non-hydrogen) atoms. The highest BCUT2D eigenvalue weighted by atomic mass is 16.2. The quantitative estimate of drug-likeness (QED) is 0.707. The molecule has 1 saturated heterocycles. The van der Waals surface area contributed by atoms with Gasteiger partial charge in [0.05, 0.1) is 12.0 Å². The monoisotopic (exact) mass is 421 g/mol. The van der Waals surface area contributed by atoms with Gasteiger partial charge in [-0.1, -0.05) is 61.0 Å². The van der Waals surface area contributed by atoms with Gasteiger partial charge in [-0.3, -0.25) is 4.79 Å². The zero-order chi connectivity index (χ0) is 22.4. The second kappa shape index (κ2) is 10.5. The van der Waals surface area contributed by atoms with E-state index in [4.69, 9.17) is 0 Å². The molecule has 2 N–H and O–H groups in total. The summed E-state index contributed by atoms with van der Waals surface area (Å²) in [7, 11) is 0. The molecule has 3 amide bonds. The van der Waals surface area contributed by atoms with Crippen LogP contribution in [0.4, 0.5) is 4.79 Å². The van der Waals surface area contributed by atoms with Gasteiger partial charge in [-0.15, -0.1) is 0 Å². The second-order valence-electron chi connectivity index (χ2n) is 8.85. The zero-order valence-electron chi connectivity index (χ0n) is 19.2. The van der Waals surface area contributed by atoms with Crippen LogP contribution in [0, 0.1) is 12.8 Å². The summed E-state index contributed by atoms with van der Waals surface area (Å²) in [4.78, 5) is 27.7. The lowest BCUT2D eigenvalue weighted by atomic mass is 9.88. The van der Waals surface area contributed by atoms with E-state index < -0.39 is 0 Å². The first-order valence-corrected chi connectivity index (χ1v) is 11.4. The molecule has 0 aromatic heterocycles. The lowest BCUT2D eigenvalue weighted by molar-refractivity contribution is -0.126. The maximum absolute atomic E-state index is 13.0. The third kappa shape index (κ3) is 6.09. The predicted octanol–water partition coefficient (Wildman–Crippen LogP) is 4.74. The van der Waals surface area contributed by atoms with Crippen molar-refractivity contribution in [1.82, 2.24) is 15.5 Å². The van der Waals surface area contributed by atoms with E-state index in [9.17, 15) is 9.59 Å². The maximum atomic E-state index is 13.0. The molecule has 0 spiro atoms. The Hall–Kier alpha value is -2.82. The minimum absolute atomic E-state index is 0.00882. The van der Waals surface area contributed by atoms with Crippen LogP contribution in [-0.2, 0) is 17.8 Å². The van der Waals surface area contributed by atoms with Crippen molar-refractivity contribution in [3.05, 3.63) is 70.8 Å². The van der Waals surface area contributed by atoms with Crippen LogP contribution in [0.2, 0.25) is 0 Å². The minimum Gasteiger partial charge on any atom is -0.352 e. The smallest absolute Gasteiger partial charge is 0.318 e. The number of rotatable bonds is 6. The molecule has 2 unspecified atom stereocenters. The number of urea groups is 1. The van der Waals surface area contributed by atoms with Crippen molar-refractivity contribution in [1.29, 1.82) is 0 Å². The summed E-state index contributed by atoms with van der Waals surface area (Å²) in [5, 5.41) is 6.08. The number of carbonyl (C=O) groups is 2. The fourth-order valence-electron chi connectivity index (χ4n) is 4.22. The van der Waals surface area contributed by atoms with Crippen LogP contribution < -0.4 is 10.6 Å². The SMILES string of the molecule is CCc1ccc(C2CCC(C(=O)NCc3cccc(C)c3)CN2C(=O)NC(C)C)cc1. The Morgan fingerprint density at radius 2 is 1.81 bits per heavy atom. The topological polar surface area (TPSA) is 61.4 Å².